The van der Waals surface area contributed by atoms with Crippen LogP contribution >= 0.6 is 0 Å². The quantitative estimate of drug-likeness (QED) is 0.576. The number of hydrogen-bond acceptors (Lipinski definition) is 3. The van der Waals surface area contributed by atoms with Crippen LogP contribution in [0.5, 0.6) is 0 Å². The number of hydrogen-bond donors (Lipinski definition) is 1. The van der Waals surface area contributed by atoms with Crippen LogP contribution in [0.25, 0.3) is 11.0 Å². The zero-order chi connectivity index (χ0) is 17.9. The smallest absolute Gasteiger partial charge is 0.270 e. The van der Waals surface area contributed by atoms with E-state index in [2.05, 4.69) is 10.4 Å². The molecular weight excluding hydrogens is 326 g/mol. The minimum absolute atomic E-state index is 0.0711. The van der Waals surface area contributed by atoms with Crippen LogP contribution in [0.1, 0.15) is 26.3 Å². The SMILES string of the molecule is O=C(Nn1cnc2ccccc21)c1ccc(C(=O)c2ccccc2)cc1. The van der Waals surface area contributed by atoms with Crippen molar-refractivity contribution in [3.05, 3.63) is 102 Å². The van der Waals surface area contributed by atoms with E-state index >= 15 is 0 Å². The van der Waals surface area contributed by atoms with Crippen LogP contribution in [0, 0.1) is 0 Å². The molecule has 0 radical (unpaired) electrons. The Labute approximate surface area is 149 Å². The van der Waals surface area contributed by atoms with Crippen molar-refractivity contribution < 1.29 is 9.59 Å². The Morgan fingerprint density at radius 3 is 2.12 bits per heavy atom. The summed E-state index contributed by atoms with van der Waals surface area (Å²) in [6.07, 6.45) is 1.57. The molecule has 1 aromatic heterocycles. The lowest BCUT2D eigenvalue weighted by molar-refractivity contribution is 0.100. The fourth-order valence-electron chi connectivity index (χ4n) is 2.75. The van der Waals surface area contributed by atoms with Gasteiger partial charge in [0.05, 0.1) is 11.0 Å². The van der Waals surface area contributed by atoms with Crippen molar-refractivity contribution in [3.63, 3.8) is 0 Å². The standard InChI is InChI=1S/C21H15N3O2/c25-20(15-6-2-1-3-7-15)16-10-12-17(13-11-16)21(26)23-24-14-22-18-8-4-5-9-19(18)24/h1-14H,(H,23,26). The Kier molecular flexibility index (Phi) is 4.03. The van der Waals surface area contributed by atoms with Gasteiger partial charge in [0.25, 0.3) is 5.91 Å². The van der Waals surface area contributed by atoms with Crippen molar-refractivity contribution in [3.8, 4) is 0 Å². The van der Waals surface area contributed by atoms with Crippen LogP contribution < -0.4 is 5.43 Å². The first-order valence-electron chi connectivity index (χ1n) is 8.15. The molecule has 0 aliphatic heterocycles. The molecule has 3 aromatic carbocycles. The van der Waals surface area contributed by atoms with Crippen LogP contribution in [0.3, 0.4) is 0 Å². The Bertz CT molecular complexity index is 1080. The van der Waals surface area contributed by atoms with Crippen LogP contribution in [-0.2, 0) is 0 Å². The molecular formula is C21H15N3O2. The second-order valence-electron chi connectivity index (χ2n) is 5.82. The molecule has 5 nitrogen and oxygen atoms in total. The van der Waals surface area contributed by atoms with Gasteiger partial charge in [0.1, 0.15) is 6.33 Å². The number of aromatic nitrogens is 2. The average molecular weight is 341 g/mol. The van der Waals surface area contributed by atoms with Gasteiger partial charge in [-0.2, -0.15) is 0 Å². The number of nitrogens with zero attached hydrogens (tertiary/aromatic N) is 2. The minimum atomic E-state index is -0.271. The largest absolute Gasteiger partial charge is 0.289 e. The van der Waals surface area contributed by atoms with E-state index in [1.807, 2.05) is 42.5 Å². The predicted octanol–water partition coefficient (Wildman–Crippen LogP) is 3.65. The second kappa shape index (κ2) is 6.64. The fraction of sp³-hybridized carbons (Fsp3) is 0. The molecule has 1 N–H and O–H groups in total. The van der Waals surface area contributed by atoms with Gasteiger partial charge in [0, 0.05) is 16.7 Å². The third-order valence-corrected chi connectivity index (χ3v) is 4.12. The number of imidazole rings is 1. The molecule has 0 spiro atoms. The highest BCUT2D eigenvalue weighted by molar-refractivity contribution is 6.09. The van der Waals surface area contributed by atoms with Gasteiger partial charge < -0.3 is 0 Å². The molecule has 4 aromatic rings. The maximum absolute atomic E-state index is 12.5. The van der Waals surface area contributed by atoms with Crippen molar-refractivity contribution in [2.45, 2.75) is 0 Å². The molecule has 0 atom stereocenters. The third kappa shape index (κ3) is 2.98. The van der Waals surface area contributed by atoms with E-state index in [4.69, 9.17) is 0 Å². The summed E-state index contributed by atoms with van der Waals surface area (Å²) in [5, 5.41) is 0. The van der Waals surface area contributed by atoms with E-state index in [0.717, 1.165) is 11.0 Å². The lowest BCUT2D eigenvalue weighted by Crippen LogP contribution is -2.22. The van der Waals surface area contributed by atoms with Gasteiger partial charge in [-0.05, 0) is 24.3 Å². The highest BCUT2D eigenvalue weighted by Gasteiger charge is 2.11. The normalized spacial score (nSPS) is 10.6. The van der Waals surface area contributed by atoms with E-state index in [0.29, 0.717) is 16.7 Å². The summed E-state index contributed by atoms with van der Waals surface area (Å²) in [5.74, 6) is -0.343. The van der Waals surface area contributed by atoms with Crippen LogP contribution in [0.4, 0.5) is 0 Å². The van der Waals surface area contributed by atoms with Crippen molar-refractivity contribution in [2.24, 2.45) is 0 Å². The molecule has 0 saturated carbocycles. The van der Waals surface area contributed by atoms with Crippen molar-refractivity contribution in [2.75, 3.05) is 5.43 Å². The summed E-state index contributed by atoms with van der Waals surface area (Å²) in [5.41, 5.74) is 6.04. The van der Waals surface area contributed by atoms with E-state index < -0.39 is 0 Å². The zero-order valence-corrected chi connectivity index (χ0v) is 13.8. The number of amides is 1. The number of nitrogens with one attached hydrogen (secondary N) is 1. The van der Waals surface area contributed by atoms with Gasteiger partial charge in [-0.25, -0.2) is 9.66 Å². The number of carbonyl (C=O) groups is 2. The number of rotatable bonds is 4. The van der Waals surface area contributed by atoms with E-state index in [1.54, 1.807) is 47.4 Å². The maximum atomic E-state index is 12.5. The van der Waals surface area contributed by atoms with E-state index in [-0.39, 0.29) is 11.7 Å². The molecule has 0 saturated heterocycles. The molecule has 0 aliphatic carbocycles. The highest BCUT2D eigenvalue weighted by Crippen LogP contribution is 2.13. The molecule has 1 amide bonds. The molecule has 0 fully saturated rings. The van der Waals surface area contributed by atoms with Crippen LogP contribution in [0.2, 0.25) is 0 Å². The minimum Gasteiger partial charge on any atom is -0.289 e. The lowest BCUT2D eigenvalue weighted by Gasteiger charge is -2.08. The Hall–Kier alpha value is -3.73. The lowest BCUT2D eigenvalue weighted by atomic mass is 10.0. The van der Waals surface area contributed by atoms with Crippen LogP contribution in [0.15, 0.2) is 85.2 Å². The number of carbonyl (C=O) groups excluding carboxylic acids is 2. The van der Waals surface area contributed by atoms with Gasteiger partial charge in [-0.3, -0.25) is 15.0 Å². The fourth-order valence-corrected chi connectivity index (χ4v) is 2.75. The zero-order valence-electron chi connectivity index (χ0n) is 13.8. The third-order valence-electron chi connectivity index (χ3n) is 4.12. The number of fused-ring (bicyclic) bond motifs is 1. The molecule has 4 rings (SSSR count). The van der Waals surface area contributed by atoms with Gasteiger partial charge >= 0.3 is 0 Å². The molecule has 126 valence electrons. The Morgan fingerprint density at radius 1 is 0.731 bits per heavy atom. The van der Waals surface area contributed by atoms with Crippen molar-refractivity contribution in [1.29, 1.82) is 0 Å². The van der Waals surface area contributed by atoms with Crippen molar-refractivity contribution in [1.82, 2.24) is 9.66 Å². The molecule has 1 heterocycles. The van der Waals surface area contributed by atoms with Gasteiger partial charge in [0.2, 0.25) is 0 Å². The van der Waals surface area contributed by atoms with Gasteiger partial charge in [-0.1, -0.05) is 54.6 Å². The second-order valence-corrected chi connectivity index (χ2v) is 5.82. The summed E-state index contributed by atoms with van der Waals surface area (Å²) in [6, 6.07) is 23.2. The number of benzene rings is 3. The summed E-state index contributed by atoms with van der Waals surface area (Å²) in [6.45, 7) is 0. The maximum Gasteiger partial charge on any atom is 0.270 e. The first kappa shape index (κ1) is 15.8. The van der Waals surface area contributed by atoms with E-state index in [1.165, 1.54) is 0 Å². The summed E-state index contributed by atoms with van der Waals surface area (Å²) in [7, 11) is 0. The summed E-state index contributed by atoms with van der Waals surface area (Å²) < 4.78 is 1.58. The molecule has 0 aliphatic rings. The predicted molar refractivity (Wildman–Crippen MR) is 99.7 cm³/mol. The summed E-state index contributed by atoms with van der Waals surface area (Å²) in [4.78, 5) is 29.1. The Morgan fingerprint density at radius 2 is 1.35 bits per heavy atom. The monoisotopic (exact) mass is 341 g/mol. The van der Waals surface area contributed by atoms with Gasteiger partial charge in [-0.15, -0.1) is 0 Å². The summed E-state index contributed by atoms with van der Waals surface area (Å²) >= 11 is 0. The van der Waals surface area contributed by atoms with Crippen LogP contribution in [-0.4, -0.2) is 21.4 Å². The number of para-hydroxylation sites is 2. The molecule has 0 bridgehead atoms. The van der Waals surface area contributed by atoms with Gasteiger partial charge in [0.15, 0.2) is 5.78 Å². The first-order chi connectivity index (χ1) is 12.7. The molecule has 0 unspecified atom stereocenters. The highest BCUT2D eigenvalue weighted by atomic mass is 16.2. The molecule has 5 heteroatoms. The topological polar surface area (TPSA) is 64.0 Å². The molecule has 26 heavy (non-hydrogen) atoms. The number of ketones is 1. The first-order valence-corrected chi connectivity index (χ1v) is 8.15. The Balaban J connectivity index is 1.53. The average Bonchev–Trinajstić information content (AvgIpc) is 3.11. The van der Waals surface area contributed by atoms with Crippen molar-refractivity contribution >= 4 is 22.7 Å². The van der Waals surface area contributed by atoms with E-state index in [9.17, 15) is 9.59 Å².